The SMILES string of the molecule is CCC(C)(C)C(=O)OCCOC(=O)COC1CC2CC3CCC1C(C2)C(=O)O3. The molecule has 0 amide bonds. The van der Waals surface area contributed by atoms with Crippen LogP contribution in [0.5, 0.6) is 0 Å². The zero-order valence-corrected chi connectivity index (χ0v) is 17.1. The average Bonchev–Trinajstić information content (AvgIpc) is 2.88. The minimum atomic E-state index is -0.537. The van der Waals surface area contributed by atoms with Gasteiger partial charge in [-0.25, -0.2) is 4.79 Å². The lowest BCUT2D eigenvalue weighted by Crippen LogP contribution is -2.42. The van der Waals surface area contributed by atoms with Crippen LogP contribution in [-0.4, -0.2) is 49.9 Å². The van der Waals surface area contributed by atoms with Gasteiger partial charge in [0.2, 0.25) is 0 Å². The first-order valence-corrected chi connectivity index (χ1v) is 10.4. The van der Waals surface area contributed by atoms with Crippen molar-refractivity contribution in [3.8, 4) is 0 Å². The topological polar surface area (TPSA) is 88.1 Å². The molecular weight excluding hydrogens is 364 g/mol. The van der Waals surface area contributed by atoms with Crippen LogP contribution in [0.25, 0.3) is 0 Å². The fraction of sp³-hybridized carbons (Fsp3) is 0.857. The molecule has 0 spiro atoms. The minimum absolute atomic E-state index is 0.0150. The van der Waals surface area contributed by atoms with Gasteiger partial charge in [-0.15, -0.1) is 0 Å². The largest absolute Gasteiger partial charge is 0.462 e. The average molecular weight is 396 g/mol. The summed E-state index contributed by atoms with van der Waals surface area (Å²) in [7, 11) is 0. The van der Waals surface area contributed by atoms with E-state index < -0.39 is 11.4 Å². The lowest BCUT2D eigenvalue weighted by Gasteiger charge is -2.40. The van der Waals surface area contributed by atoms with Gasteiger partial charge in [0.1, 0.15) is 25.9 Å². The van der Waals surface area contributed by atoms with E-state index in [9.17, 15) is 14.4 Å². The summed E-state index contributed by atoms with van der Waals surface area (Å²) in [6.45, 7) is 5.47. The van der Waals surface area contributed by atoms with Crippen LogP contribution in [0.1, 0.15) is 59.3 Å². The fourth-order valence-electron chi connectivity index (χ4n) is 4.51. The summed E-state index contributed by atoms with van der Waals surface area (Å²) in [5.74, 6) is -0.430. The molecule has 0 aromatic heterocycles. The third kappa shape index (κ3) is 4.85. The van der Waals surface area contributed by atoms with Crippen molar-refractivity contribution < 1.29 is 33.3 Å². The van der Waals surface area contributed by atoms with Gasteiger partial charge in [0.25, 0.3) is 0 Å². The van der Waals surface area contributed by atoms with Crippen LogP contribution in [0.4, 0.5) is 0 Å². The second-order valence-electron chi connectivity index (χ2n) is 8.92. The van der Waals surface area contributed by atoms with Gasteiger partial charge in [-0.3, -0.25) is 9.59 Å². The highest BCUT2D eigenvalue weighted by molar-refractivity contribution is 5.76. The molecule has 3 bridgehead atoms. The van der Waals surface area contributed by atoms with Crippen molar-refractivity contribution in [2.45, 2.75) is 71.5 Å². The summed E-state index contributed by atoms with van der Waals surface area (Å²) in [4.78, 5) is 36.1. The predicted octanol–water partition coefficient (Wildman–Crippen LogP) is 2.65. The van der Waals surface area contributed by atoms with E-state index in [1.54, 1.807) is 0 Å². The molecule has 0 radical (unpaired) electrons. The minimum Gasteiger partial charge on any atom is -0.462 e. The molecule has 3 rings (SSSR count). The summed E-state index contributed by atoms with van der Waals surface area (Å²) >= 11 is 0. The molecule has 5 atom stereocenters. The van der Waals surface area contributed by atoms with E-state index in [0.29, 0.717) is 12.3 Å². The smallest absolute Gasteiger partial charge is 0.332 e. The summed E-state index contributed by atoms with van der Waals surface area (Å²) in [5, 5.41) is 0. The zero-order valence-electron chi connectivity index (χ0n) is 17.1. The van der Waals surface area contributed by atoms with Crippen LogP contribution < -0.4 is 0 Å². The van der Waals surface area contributed by atoms with E-state index in [-0.39, 0.29) is 55.8 Å². The monoisotopic (exact) mass is 396 g/mol. The third-order valence-corrected chi connectivity index (χ3v) is 6.58. The molecule has 3 aliphatic rings. The Morgan fingerprint density at radius 1 is 1.11 bits per heavy atom. The van der Waals surface area contributed by atoms with Gasteiger partial charge in [0, 0.05) is 0 Å². The van der Waals surface area contributed by atoms with Crippen molar-refractivity contribution in [1.82, 2.24) is 0 Å². The van der Waals surface area contributed by atoms with Crippen LogP contribution in [0, 0.1) is 23.2 Å². The van der Waals surface area contributed by atoms with Gasteiger partial charge in [0.15, 0.2) is 0 Å². The van der Waals surface area contributed by atoms with E-state index in [4.69, 9.17) is 18.9 Å². The molecule has 5 unspecified atom stereocenters. The Labute approximate surface area is 166 Å². The number of ether oxygens (including phenoxy) is 4. The van der Waals surface area contributed by atoms with Crippen molar-refractivity contribution in [3.05, 3.63) is 0 Å². The molecule has 2 heterocycles. The molecule has 0 aromatic rings. The molecular formula is C21H32O7. The summed E-state index contributed by atoms with van der Waals surface area (Å²) in [6.07, 6.45) is 5.06. The molecule has 0 N–H and O–H groups in total. The Morgan fingerprint density at radius 2 is 1.86 bits per heavy atom. The molecule has 1 aliphatic carbocycles. The number of esters is 3. The van der Waals surface area contributed by atoms with Crippen LogP contribution >= 0.6 is 0 Å². The maximum atomic E-state index is 12.3. The van der Waals surface area contributed by atoms with Gasteiger partial charge < -0.3 is 18.9 Å². The number of fused-ring (bicyclic) bond motifs is 3. The molecule has 3 fully saturated rings. The summed E-state index contributed by atoms with van der Waals surface area (Å²) in [5.41, 5.74) is -0.537. The van der Waals surface area contributed by atoms with Gasteiger partial charge in [-0.1, -0.05) is 6.92 Å². The molecule has 2 aliphatic heterocycles. The second-order valence-corrected chi connectivity index (χ2v) is 8.92. The van der Waals surface area contributed by atoms with E-state index in [1.807, 2.05) is 20.8 Å². The highest BCUT2D eigenvalue weighted by atomic mass is 16.6. The molecule has 158 valence electrons. The van der Waals surface area contributed by atoms with Crippen molar-refractivity contribution in [2.24, 2.45) is 23.2 Å². The quantitative estimate of drug-likeness (QED) is 0.354. The second kappa shape index (κ2) is 8.80. The molecule has 1 saturated carbocycles. The van der Waals surface area contributed by atoms with Crippen molar-refractivity contribution >= 4 is 17.9 Å². The Balaban J connectivity index is 1.40. The van der Waals surface area contributed by atoms with Crippen LogP contribution in [0.3, 0.4) is 0 Å². The Morgan fingerprint density at radius 3 is 2.61 bits per heavy atom. The zero-order chi connectivity index (χ0) is 20.3. The number of hydrogen-bond acceptors (Lipinski definition) is 7. The number of rotatable bonds is 8. The highest BCUT2D eigenvalue weighted by Crippen LogP contribution is 2.47. The summed E-state index contributed by atoms with van der Waals surface area (Å²) < 4.78 is 21.7. The number of carbonyl (C=O) groups excluding carboxylic acids is 3. The van der Waals surface area contributed by atoms with Gasteiger partial charge >= 0.3 is 17.9 Å². The fourth-order valence-corrected chi connectivity index (χ4v) is 4.51. The van der Waals surface area contributed by atoms with Crippen LogP contribution in [0.2, 0.25) is 0 Å². The Hall–Kier alpha value is -1.63. The van der Waals surface area contributed by atoms with Gasteiger partial charge in [-0.05, 0) is 64.2 Å². The van der Waals surface area contributed by atoms with E-state index in [0.717, 1.165) is 32.1 Å². The van der Waals surface area contributed by atoms with Gasteiger partial charge in [0.05, 0.1) is 17.4 Å². The van der Waals surface area contributed by atoms with Crippen molar-refractivity contribution in [3.63, 3.8) is 0 Å². The maximum absolute atomic E-state index is 12.3. The highest BCUT2D eigenvalue weighted by Gasteiger charge is 2.48. The maximum Gasteiger partial charge on any atom is 0.332 e. The lowest BCUT2D eigenvalue weighted by atomic mass is 9.67. The first kappa shape index (κ1) is 21.1. The normalized spacial score (nSPS) is 31.7. The molecule has 7 nitrogen and oxygen atoms in total. The summed E-state index contributed by atoms with van der Waals surface area (Å²) in [6, 6.07) is 0. The molecule has 2 saturated heterocycles. The third-order valence-electron chi connectivity index (χ3n) is 6.58. The Kier molecular flexibility index (Phi) is 6.63. The number of carbonyl (C=O) groups is 3. The standard InChI is InChI=1S/C21H32O7/c1-4-21(2,3)20(24)26-8-7-25-18(22)12-27-17-11-13-9-14-5-6-15(17)16(10-13)19(23)28-14/h13-17H,4-12H2,1-3H3. The van der Waals surface area contributed by atoms with Crippen molar-refractivity contribution in [1.29, 1.82) is 0 Å². The van der Waals surface area contributed by atoms with E-state index in [2.05, 4.69) is 0 Å². The first-order chi connectivity index (χ1) is 13.3. The first-order valence-electron chi connectivity index (χ1n) is 10.4. The van der Waals surface area contributed by atoms with Gasteiger partial charge in [-0.2, -0.15) is 0 Å². The van der Waals surface area contributed by atoms with Crippen LogP contribution in [-0.2, 0) is 33.3 Å². The predicted molar refractivity (Wildman–Crippen MR) is 99.2 cm³/mol. The van der Waals surface area contributed by atoms with Crippen LogP contribution in [0.15, 0.2) is 0 Å². The van der Waals surface area contributed by atoms with Crippen molar-refractivity contribution in [2.75, 3.05) is 19.8 Å². The molecule has 7 heteroatoms. The Bertz CT molecular complexity index is 600. The van der Waals surface area contributed by atoms with E-state index in [1.165, 1.54) is 0 Å². The number of hydrogen-bond donors (Lipinski definition) is 0. The lowest BCUT2D eigenvalue weighted by molar-refractivity contribution is -0.164. The molecule has 28 heavy (non-hydrogen) atoms. The molecule has 0 aromatic carbocycles. The van der Waals surface area contributed by atoms with E-state index >= 15 is 0 Å².